The monoisotopic (exact) mass is 456 g/mol. The summed E-state index contributed by atoms with van der Waals surface area (Å²) in [6.07, 6.45) is 7.96. The van der Waals surface area contributed by atoms with Crippen LogP contribution in [0.1, 0.15) is 72.6 Å². The standard InChI is InChI=1S/C27H33FO5/c1-3-5-6-7-8-9-10-25(20-28)33-27(30)22-13-17-24(18-14-22)32-26(29)21-11-15-23(16-12-21)31-19-4-2/h4,11-18,25H,2-3,5-10,19-20H2,1H3. The van der Waals surface area contributed by atoms with Gasteiger partial charge < -0.3 is 14.2 Å². The highest BCUT2D eigenvalue weighted by Crippen LogP contribution is 2.18. The molecule has 0 aromatic heterocycles. The van der Waals surface area contributed by atoms with Gasteiger partial charge in [-0.05, 0) is 61.4 Å². The van der Waals surface area contributed by atoms with Crippen molar-refractivity contribution < 1.29 is 28.2 Å². The Balaban J connectivity index is 1.82. The second-order valence-corrected chi connectivity index (χ2v) is 7.78. The van der Waals surface area contributed by atoms with Crippen LogP contribution in [0.4, 0.5) is 4.39 Å². The van der Waals surface area contributed by atoms with E-state index in [9.17, 15) is 14.0 Å². The minimum absolute atomic E-state index is 0.278. The van der Waals surface area contributed by atoms with Gasteiger partial charge in [0.25, 0.3) is 0 Å². The van der Waals surface area contributed by atoms with E-state index in [1.165, 1.54) is 43.5 Å². The van der Waals surface area contributed by atoms with Gasteiger partial charge in [-0.1, -0.05) is 51.7 Å². The van der Waals surface area contributed by atoms with Crippen LogP contribution in [0, 0.1) is 0 Å². The first kappa shape index (κ1) is 26.1. The van der Waals surface area contributed by atoms with Crippen LogP contribution >= 0.6 is 0 Å². The summed E-state index contributed by atoms with van der Waals surface area (Å²) >= 11 is 0. The lowest BCUT2D eigenvalue weighted by molar-refractivity contribution is 0.0211. The van der Waals surface area contributed by atoms with Gasteiger partial charge in [0.1, 0.15) is 30.9 Å². The number of ether oxygens (including phenoxy) is 3. The molecule has 1 unspecified atom stereocenters. The molecule has 33 heavy (non-hydrogen) atoms. The number of hydrogen-bond acceptors (Lipinski definition) is 5. The predicted octanol–water partition coefficient (Wildman–Crippen LogP) is 6.72. The largest absolute Gasteiger partial charge is 0.490 e. The Kier molecular flexibility index (Phi) is 11.7. The summed E-state index contributed by atoms with van der Waals surface area (Å²) in [5, 5.41) is 0. The van der Waals surface area contributed by atoms with E-state index in [0.29, 0.717) is 24.3 Å². The molecule has 0 spiro atoms. The first-order valence-corrected chi connectivity index (χ1v) is 11.5. The SMILES string of the molecule is C=CCOc1ccc(C(=O)Oc2ccc(C(=O)OC(CF)CCCCCCCC)cc2)cc1. The smallest absolute Gasteiger partial charge is 0.343 e. The van der Waals surface area contributed by atoms with Gasteiger partial charge in [-0.2, -0.15) is 0 Å². The molecule has 2 rings (SSSR count). The molecule has 2 aromatic carbocycles. The number of halogens is 1. The number of carbonyl (C=O) groups is 2. The number of carbonyl (C=O) groups excluding carboxylic acids is 2. The fourth-order valence-corrected chi connectivity index (χ4v) is 3.21. The number of esters is 2. The third kappa shape index (κ3) is 9.48. The number of benzene rings is 2. The zero-order valence-electron chi connectivity index (χ0n) is 19.3. The summed E-state index contributed by atoms with van der Waals surface area (Å²) in [6.45, 7) is 5.42. The van der Waals surface area contributed by atoms with Gasteiger partial charge >= 0.3 is 11.9 Å². The molecule has 0 radical (unpaired) electrons. The van der Waals surface area contributed by atoms with E-state index in [2.05, 4.69) is 13.5 Å². The normalized spacial score (nSPS) is 11.5. The van der Waals surface area contributed by atoms with Crippen LogP contribution in [0.2, 0.25) is 0 Å². The molecule has 0 saturated heterocycles. The molecule has 0 N–H and O–H groups in total. The van der Waals surface area contributed by atoms with Crippen molar-refractivity contribution >= 4 is 11.9 Å². The van der Waals surface area contributed by atoms with Crippen LogP contribution in [0.25, 0.3) is 0 Å². The van der Waals surface area contributed by atoms with E-state index in [4.69, 9.17) is 14.2 Å². The first-order chi connectivity index (χ1) is 16.1. The second kappa shape index (κ2) is 14.8. The summed E-state index contributed by atoms with van der Waals surface area (Å²) in [7, 11) is 0. The lowest BCUT2D eigenvalue weighted by Crippen LogP contribution is -2.20. The molecule has 0 aliphatic rings. The second-order valence-electron chi connectivity index (χ2n) is 7.78. The van der Waals surface area contributed by atoms with Crippen molar-refractivity contribution in [2.75, 3.05) is 13.3 Å². The zero-order valence-corrected chi connectivity index (χ0v) is 19.3. The Bertz CT molecular complexity index is 861. The van der Waals surface area contributed by atoms with Crippen molar-refractivity contribution in [2.24, 2.45) is 0 Å². The van der Waals surface area contributed by atoms with E-state index in [1.54, 1.807) is 30.3 Å². The van der Waals surface area contributed by atoms with Gasteiger partial charge in [-0.25, -0.2) is 14.0 Å². The number of rotatable bonds is 15. The molecule has 1 atom stereocenters. The van der Waals surface area contributed by atoms with Crippen LogP contribution in [0.15, 0.2) is 61.2 Å². The summed E-state index contributed by atoms with van der Waals surface area (Å²) in [5.41, 5.74) is 0.643. The minimum Gasteiger partial charge on any atom is -0.490 e. The maximum absolute atomic E-state index is 13.3. The number of alkyl halides is 1. The van der Waals surface area contributed by atoms with Crippen molar-refractivity contribution in [1.82, 2.24) is 0 Å². The van der Waals surface area contributed by atoms with E-state index < -0.39 is 24.7 Å². The topological polar surface area (TPSA) is 61.8 Å². The van der Waals surface area contributed by atoms with Crippen molar-refractivity contribution in [2.45, 2.75) is 58.0 Å². The molecule has 0 heterocycles. The fourth-order valence-electron chi connectivity index (χ4n) is 3.21. The minimum atomic E-state index is -0.736. The van der Waals surface area contributed by atoms with E-state index in [1.807, 2.05) is 0 Å². The van der Waals surface area contributed by atoms with Crippen LogP contribution in [0.5, 0.6) is 11.5 Å². The highest BCUT2D eigenvalue weighted by atomic mass is 19.1. The molecular weight excluding hydrogens is 423 g/mol. The molecule has 0 aliphatic heterocycles. The maximum Gasteiger partial charge on any atom is 0.343 e. The molecule has 0 bridgehead atoms. The molecule has 0 fully saturated rings. The van der Waals surface area contributed by atoms with E-state index in [-0.39, 0.29) is 11.3 Å². The van der Waals surface area contributed by atoms with Gasteiger partial charge in [-0.15, -0.1) is 0 Å². The third-order valence-corrected chi connectivity index (χ3v) is 5.08. The van der Waals surface area contributed by atoms with Crippen molar-refractivity contribution in [3.05, 3.63) is 72.3 Å². The molecule has 2 aromatic rings. The quantitative estimate of drug-likeness (QED) is 0.129. The average molecular weight is 457 g/mol. The van der Waals surface area contributed by atoms with Gasteiger partial charge in [0.2, 0.25) is 0 Å². The van der Waals surface area contributed by atoms with Gasteiger partial charge in [-0.3, -0.25) is 0 Å². The summed E-state index contributed by atoms with van der Waals surface area (Å²) in [5.74, 6) is -0.205. The fraction of sp³-hybridized carbons (Fsp3) is 0.407. The van der Waals surface area contributed by atoms with E-state index in [0.717, 1.165) is 19.3 Å². The van der Waals surface area contributed by atoms with Gasteiger partial charge in [0.15, 0.2) is 0 Å². The lowest BCUT2D eigenvalue weighted by atomic mass is 10.1. The Labute approximate surface area is 195 Å². The molecule has 0 aliphatic carbocycles. The summed E-state index contributed by atoms with van der Waals surface area (Å²) in [4.78, 5) is 24.6. The van der Waals surface area contributed by atoms with Crippen molar-refractivity contribution in [3.63, 3.8) is 0 Å². The Hall–Kier alpha value is -3.15. The predicted molar refractivity (Wildman–Crippen MR) is 127 cm³/mol. The van der Waals surface area contributed by atoms with Crippen LogP contribution in [0.3, 0.4) is 0 Å². The first-order valence-electron chi connectivity index (χ1n) is 11.5. The van der Waals surface area contributed by atoms with Crippen LogP contribution in [-0.4, -0.2) is 31.3 Å². The molecule has 6 heteroatoms. The third-order valence-electron chi connectivity index (χ3n) is 5.08. The Morgan fingerprint density at radius 1 is 0.879 bits per heavy atom. The maximum atomic E-state index is 13.3. The lowest BCUT2D eigenvalue weighted by Gasteiger charge is -2.15. The molecular formula is C27H33FO5. The summed E-state index contributed by atoms with van der Waals surface area (Å²) in [6, 6.07) is 12.6. The van der Waals surface area contributed by atoms with Gasteiger partial charge in [0, 0.05) is 0 Å². The van der Waals surface area contributed by atoms with Crippen LogP contribution < -0.4 is 9.47 Å². The highest BCUT2D eigenvalue weighted by molar-refractivity contribution is 5.92. The van der Waals surface area contributed by atoms with E-state index >= 15 is 0 Å². The number of unbranched alkanes of at least 4 members (excludes halogenated alkanes) is 5. The molecule has 0 amide bonds. The Morgan fingerprint density at radius 2 is 1.45 bits per heavy atom. The van der Waals surface area contributed by atoms with Crippen molar-refractivity contribution in [1.29, 1.82) is 0 Å². The number of hydrogen-bond donors (Lipinski definition) is 0. The molecule has 5 nitrogen and oxygen atoms in total. The Morgan fingerprint density at radius 3 is 2.06 bits per heavy atom. The average Bonchev–Trinajstić information content (AvgIpc) is 2.84. The van der Waals surface area contributed by atoms with Crippen LogP contribution in [-0.2, 0) is 4.74 Å². The molecule has 178 valence electrons. The molecule has 0 saturated carbocycles. The van der Waals surface area contributed by atoms with Crippen molar-refractivity contribution in [3.8, 4) is 11.5 Å². The summed E-state index contributed by atoms with van der Waals surface area (Å²) < 4.78 is 29.3. The zero-order chi connectivity index (χ0) is 23.9. The highest BCUT2D eigenvalue weighted by Gasteiger charge is 2.16. The van der Waals surface area contributed by atoms with Gasteiger partial charge in [0.05, 0.1) is 11.1 Å².